The zero-order valence-electron chi connectivity index (χ0n) is 15.6. The predicted molar refractivity (Wildman–Crippen MR) is 100 cm³/mol. The minimum absolute atomic E-state index is 0.105. The number of alkyl halides is 1. The number of halogens is 1. The van der Waals surface area contributed by atoms with Crippen LogP contribution in [0.5, 0.6) is 0 Å². The number of fused-ring (bicyclic) bond motifs is 5. The van der Waals surface area contributed by atoms with Gasteiger partial charge in [-0.1, -0.05) is 37.6 Å². The van der Waals surface area contributed by atoms with Crippen molar-refractivity contribution in [2.75, 3.05) is 5.75 Å². The Balaban J connectivity index is 1.77. The van der Waals surface area contributed by atoms with E-state index in [1.807, 2.05) is 19.9 Å². The minimum Gasteiger partial charge on any atom is -0.390 e. The van der Waals surface area contributed by atoms with Gasteiger partial charge in [-0.25, -0.2) is 4.39 Å². The molecule has 0 spiro atoms. The Morgan fingerprint density at radius 1 is 1.28 bits per heavy atom. The maximum absolute atomic E-state index is 16.7. The number of allylic oxidation sites excluding steroid dienone is 4. The first-order chi connectivity index (χ1) is 11.8. The van der Waals surface area contributed by atoms with Gasteiger partial charge in [-0.15, -0.1) is 0 Å². The van der Waals surface area contributed by atoms with Gasteiger partial charge in [-0.05, 0) is 56.8 Å². The zero-order chi connectivity index (χ0) is 18.0. The van der Waals surface area contributed by atoms with Gasteiger partial charge in [0.2, 0.25) is 0 Å². The number of hydrogen-bond acceptors (Lipinski definition) is 2. The summed E-state index contributed by atoms with van der Waals surface area (Å²) in [5.74, 6) is 0.752. The van der Waals surface area contributed by atoms with E-state index >= 15 is 4.39 Å². The molecule has 0 aliphatic heterocycles. The van der Waals surface area contributed by atoms with Crippen molar-refractivity contribution in [1.29, 1.82) is 0 Å². The van der Waals surface area contributed by atoms with Crippen molar-refractivity contribution in [3.8, 4) is 0 Å². The van der Waals surface area contributed by atoms with Crippen molar-refractivity contribution >= 4 is 10.8 Å². The van der Waals surface area contributed by atoms with Crippen LogP contribution in [0.3, 0.4) is 0 Å². The Morgan fingerprint density at radius 2 is 2.04 bits per heavy atom. The summed E-state index contributed by atoms with van der Waals surface area (Å²) in [4.78, 5) is 0. The van der Waals surface area contributed by atoms with Gasteiger partial charge in [0.15, 0.2) is 5.67 Å². The van der Waals surface area contributed by atoms with Crippen LogP contribution in [0.4, 0.5) is 4.39 Å². The standard InChI is InChI=1S/C21H31FO2S/c1-4-25(24)18-11-10-15-16-9-8-14-7-5-6-12-20(14,3)21(16,22)17(23)13-19(15,18)2/h6-7,12,15-18,23H,4-5,8-11,13H2,1-3H3/t15-,16-,17-,18-,19-,20-,21-,25?/m0/s1. The molecule has 0 bridgehead atoms. The second kappa shape index (κ2) is 5.76. The van der Waals surface area contributed by atoms with Crippen LogP contribution in [0.1, 0.15) is 59.3 Å². The molecule has 4 aliphatic rings. The number of aliphatic hydroxyl groups is 1. The minimum atomic E-state index is -1.60. The average molecular weight is 367 g/mol. The lowest BCUT2D eigenvalue weighted by Crippen LogP contribution is -2.66. The second-order valence-corrected chi connectivity index (χ2v) is 11.0. The Labute approximate surface area is 153 Å². The third-order valence-corrected chi connectivity index (χ3v) is 10.2. The molecular formula is C21H31FO2S. The maximum atomic E-state index is 16.7. The largest absolute Gasteiger partial charge is 0.390 e. The molecule has 140 valence electrons. The van der Waals surface area contributed by atoms with Crippen molar-refractivity contribution in [2.45, 2.75) is 76.3 Å². The lowest BCUT2D eigenvalue weighted by molar-refractivity contribution is -0.188. The van der Waals surface area contributed by atoms with Gasteiger partial charge < -0.3 is 5.11 Å². The molecule has 3 saturated carbocycles. The molecule has 2 nitrogen and oxygen atoms in total. The molecule has 1 N–H and O–H groups in total. The fraction of sp³-hybridized carbons (Fsp3) is 0.810. The highest BCUT2D eigenvalue weighted by Crippen LogP contribution is 2.68. The van der Waals surface area contributed by atoms with Crippen LogP contribution in [0, 0.1) is 22.7 Å². The van der Waals surface area contributed by atoms with Crippen molar-refractivity contribution < 1.29 is 13.7 Å². The van der Waals surface area contributed by atoms with Crippen LogP contribution in [-0.2, 0) is 10.8 Å². The highest BCUT2D eigenvalue weighted by atomic mass is 32.2. The summed E-state index contributed by atoms with van der Waals surface area (Å²) in [5, 5.41) is 11.2. The van der Waals surface area contributed by atoms with Crippen LogP contribution >= 0.6 is 0 Å². The van der Waals surface area contributed by atoms with E-state index in [9.17, 15) is 9.32 Å². The van der Waals surface area contributed by atoms with Gasteiger partial charge in [0.1, 0.15) is 0 Å². The summed E-state index contributed by atoms with van der Waals surface area (Å²) in [7, 11) is -0.878. The smallest absolute Gasteiger partial charge is 0.152 e. The summed E-state index contributed by atoms with van der Waals surface area (Å²) in [5.41, 5.74) is -1.31. The molecule has 4 heteroatoms. The van der Waals surface area contributed by atoms with E-state index in [4.69, 9.17) is 0 Å². The third-order valence-electron chi connectivity index (χ3n) is 8.21. The summed E-state index contributed by atoms with van der Waals surface area (Å²) in [6, 6.07) is 0. The van der Waals surface area contributed by atoms with Crippen LogP contribution in [0.25, 0.3) is 0 Å². The first-order valence-corrected chi connectivity index (χ1v) is 11.3. The molecule has 0 heterocycles. The van der Waals surface area contributed by atoms with E-state index in [1.54, 1.807) is 0 Å². The van der Waals surface area contributed by atoms with Crippen molar-refractivity contribution in [1.82, 2.24) is 0 Å². The number of aliphatic hydroxyl groups excluding tert-OH is 1. The molecule has 0 amide bonds. The zero-order valence-corrected chi connectivity index (χ0v) is 16.4. The molecule has 3 fully saturated rings. The summed E-state index contributed by atoms with van der Waals surface area (Å²) in [6.45, 7) is 6.14. The van der Waals surface area contributed by atoms with Crippen LogP contribution in [0.15, 0.2) is 23.8 Å². The van der Waals surface area contributed by atoms with E-state index in [0.29, 0.717) is 12.2 Å². The Morgan fingerprint density at radius 3 is 2.76 bits per heavy atom. The monoisotopic (exact) mass is 366 g/mol. The predicted octanol–water partition coefficient (Wildman–Crippen LogP) is 4.32. The lowest BCUT2D eigenvalue weighted by Gasteiger charge is -2.62. The van der Waals surface area contributed by atoms with Crippen molar-refractivity contribution in [2.24, 2.45) is 22.7 Å². The van der Waals surface area contributed by atoms with Crippen LogP contribution in [0.2, 0.25) is 0 Å². The molecule has 25 heavy (non-hydrogen) atoms. The highest BCUT2D eigenvalue weighted by Gasteiger charge is 2.70. The molecule has 4 aliphatic carbocycles. The van der Waals surface area contributed by atoms with Gasteiger partial charge in [0, 0.05) is 33.1 Å². The van der Waals surface area contributed by atoms with Gasteiger partial charge in [-0.3, -0.25) is 4.21 Å². The van der Waals surface area contributed by atoms with Gasteiger partial charge in [0.25, 0.3) is 0 Å². The molecule has 4 rings (SSSR count). The third kappa shape index (κ3) is 2.13. The molecular weight excluding hydrogens is 335 g/mol. The SMILES string of the molecule is CCS(=O)[C@H]1CC[C@H]2[C@@H]3CCC4=CCC=C[C@]4(C)[C@@]3(F)[C@@H](O)C[C@]12C. The van der Waals surface area contributed by atoms with Crippen LogP contribution in [-0.4, -0.2) is 32.1 Å². The summed E-state index contributed by atoms with van der Waals surface area (Å²) < 4.78 is 29.4. The number of rotatable bonds is 2. The van der Waals surface area contributed by atoms with E-state index in [0.717, 1.165) is 32.1 Å². The van der Waals surface area contributed by atoms with Gasteiger partial charge >= 0.3 is 0 Å². The Bertz CT molecular complexity index is 658. The fourth-order valence-corrected chi connectivity index (χ4v) is 8.61. The lowest BCUT2D eigenvalue weighted by atomic mass is 9.46. The second-order valence-electron chi connectivity index (χ2n) is 9.05. The maximum Gasteiger partial charge on any atom is 0.152 e. The Kier molecular flexibility index (Phi) is 4.12. The number of hydrogen-bond donors (Lipinski definition) is 1. The quantitative estimate of drug-likeness (QED) is 0.739. The normalized spacial score (nSPS) is 52.8. The van der Waals surface area contributed by atoms with Gasteiger partial charge in [0.05, 0.1) is 6.10 Å². The topological polar surface area (TPSA) is 37.3 Å². The molecule has 0 radical (unpaired) electrons. The van der Waals surface area contributed by atoms with Crippen molar-refractivity contribution in [3.05, 3.63) is 23.8 Å². The van der Waals surface area contributed by atoms with E-state index in [-0.39, 0.29) is 22.5 Å². The molecule has 8 atom stereocenters. The molecule has 0 aromatic rings. The molecule has 0 saturated heterocycles. The van der Waals surface area contributed by atoms with E-state index in [2.05, 4.69) is 19.1 Å². The summed E-state index contributed by atoms with van der Waals surface area (Å²) in [6.07, 6.45) is 10.2. The van der Waals surface area contributed by atoms with E-state index in [1.165, 1.54) is 5.57 Å². The average Bonchev–Trinajstić information content (AvgIpc) is 2.92. The highest BCUT2D eigenvalue weighted by molar-refractivity contribution is 7.85. The molecule has 0 aromatic heterocycles. The molecule has 1 unspecified atom stereocenters. The van der Waals surface area contributed by atoms with Crippen molar-refractivity contribution in [3.63, 3.8) is 0 Å². The Hall–Kier alpha value is -0.480. The summed E-state index contributed by atoms with van der Waals surface area (Å²) >= 11 is 0. The fourth-order valence-electron chi connectivity index (χ4n) is 6.93. The van der Waals surface area contributed by atoms with E-state index < -0.39 is 28.0 Å². The first-order valence-electron chi connectivity index (χ1n) is 9.90. The van der Waals surface area contributed by atoms with Crippen LogP contribution < -0.4 is 0 Å². The molecule has 0 aromatic carbocycles. The van der Waals surface area contributed by atoms with Gasteiger partial charge in [-0.2, -0.15) is 0 Å². The first kappa shape index (κ1) is 17.9.